The van der Waals surface area contributed by atoms with Gasteiger partial charge in [-0.2, -0.15) is 0 Å². The van der Waals surface area contributed by atoms with Gasteiger partial charge in [0, 0.05) is 11.3 Å². The van der Waals surface area contributed by atoms with E-state index in [1.807, 2.05) is 24.3 Å². The van der Waals surface area contributed by atoms with Crippen molar-refractivity contribution in [1.29, 1.82) is 0 Å². The Labute approximate surface area is 176 Å². The largest absolute Gasteiger partial charge is 0.493 e. The van der Waals surface area contributed by atoms with Crippen LogP contribution in [-0.2, 0) is 9.53 Å². The third-order valence-electron chi connectivity index (χ3n) is 5.52. The molecule has 5 rings (SSSR count). The number of esters is 1. The molecule has 3 aromatic rings. The van der Waals surface area contributed by atoms with Gasteiger partial charge in [0.25, 0.3) is 0 Å². The topological polar surface area (TPSA) is 56.8 Å². The fourth-order valence-electron chi connectivity index (χ4n) is 4.24. The van der Waals surface area contributed by atoms with Crippen LogP contribution in [0.25, 0.3) is 10.8 Å². The predicted octanol–water partition coefficient (Wildman–Crippen LogP) is 4.99. The van der Waals surface area contributed by atoms with Crippen LogP contribution in [0.1, 0.15) is 17.0 Å². The van der Waals surface area contributed by atoms with Crippen molar-refractivity contribution in [3.63, 3.8) is 0 Å². The van der Waals surface area contributed by atoms with Gasteiger partial charge in [-0.3, -0.25) is 0 Å². The maximum atomic E-state index is 12.6. The highest BCUT2D eigenvalue weighted by molar-refractivity contribution is 9.10. The molecule has 2 aliphatic heterocycles. The lowest BCUT2D eigenvalue weighted by molar-refractivity contribution is -0.136. The van der Waals surface area contributed by atoms with E-state index in [0.717, 1.165) is 37.8 Å². The molecule has 0 aromatic heterocycles. The van der Waals surface area contributed by atoms with Crippen LogP contribution in [0.4, 0.5) is 5.69 Å². The average Bonchev–Trinajstić information content (AvgIpc) is 3.11. The lowest BCUT2D eigenvalue weighted by Gasteiger charge is -2.29. The van der Waals surface area contributed by atoms with Gasteiger partial charge in [-0.1, -0.05) is 36.4 Å². The molecule has 1 atom stereocenters. The number of fused-ring (bicyclic) bond motifs is 3. The van der Waals surface area contributed by atoms with Crippen molar-refractivity contribution in [2.45, 2.75) is 5.92 Å². The molecule has 5 nitrogen and oxygen atoms in total. The van der Waals surface area contributed by atoms with Gasteiger partial charge >= 0.3 is 5.97 Å². The molecule has 3 aromatic carbocycles. The first-order valence-electron chi connectivity index (χ1n) is 9.22. The van der Waals surface area contributed by atoms with Crippen LogP contribution < -0.4 is 14.8 Å². The SMILES string of the molecule is COc1cc(C2C3=C(COC3=O)Nc3c2ccc2ccccc32)cc(Br)c1OC. The Kier molecular flexibility index (Phi) is 4.24. The number of ether oxygens (including phenoxy) is 3. The van der Waals surface area contributed by atoms with Crippen LogP contribution in [-0.4, -0.2) is 26.8 Å². The van der Waals surface area contributed by atoms with E-state index >= 15 is 0 Å². The summed E-state index contributed by atoms with van der Waals surface area (Å²) in [5.74, 6) is 0.664. The molecule has 2 aliphatic rings. The maximum absolute atomic E-state index is 12.6. The summed E-state index contributed by atoms with van der Waals surface area (Å²) in [6.45, 7) is 0.252. The van der Waals surface area contributed by atoms with E-state index in [-0.39, 0.29) is 18.5 Å². The zero-order valence-corrected chi connectivity index (χ0v) is 17.5. The van der Waals surface area contributed by atoms with Crippen LogP contribution in [0, 0.1) is 0 Å². The molecule has 0 radical (unpaired) electrons. The Morgan fingerprint density at radius 1 is 1.10 bits per heavy atom. The number of hydrogen-bond donors (Lipinski definition) is 1. The van der Waals surface area contributed by atoms with Gasteiger partial charge < -0.3 is 19.5 Å². The number of halogens is 1. The van der Waals surface area contributed by atoms with Crippen molar-refractivity contribution in [2.24, 2.45) is 0 Å². The third kappa shape index (κ3) is 2.70. The Hall–Kier alpha value is -2.99. The molecular weight excluding hydrogens is 434 g/mol. The normalized spacial score (nSPS) is 17.5. The summed E-state index contributed by atoms with van der Waals surface area (Å²) in [5.41, 5.74) is 4.43. The zero-order valence-electron chi connectivity index (χ0n) is 15.9. The second-order valence-corrected chi connectivity index (χ2v) is 7.87. The zero-order chi connectivity index (χ0) is 20.1. The van der Waals surface area contributed by atoms with Gasteiger partial charge in [-0.05, 0) is 44.6 Å². The summed E-state index contributed by atoms with van der Waals surface area (Å²) < 4.78 is 17.1. The van der Waals surface area contributed by atoms with E-state index in [4.69, 9.17) is 14.2 Å². The number of carbonyl (C=O) groups is 1. The summed E-state index contributed by atoms with van der Waals surface area (Å²) in [5, 5.41) is 5.71. The van der Waals surface area contributed by atoms with Crippen molar-refractivity contribution < 1.29 is 19.0 Å². The first-order valence-corrected chi connectivity index (χ1v) is 10.0. The van der Waals surface area contributed by atoms with Gasteiger partial charge in [-0.25, -0.2) is 4.79 Å². The van der Waals surface area contributed by atoms with Crippen molar-refractivity contribution >= 4 is 38.4 Å². The number of methoxy groups -OCH3 is 2. The molecule has 29 heavy (non-hydrogen) atoms. The second-order valence-electron chi connectivity index (χ2n) is 7.02. The minimum absolute atomic E-state index is 0.252. The highest BCUT2D eigenvalue weighted by Crippen LogP contribution is 2.49. The standard InChI is InChI=1S/C23H18BrNO4/c1-27-18-10-13(9-16(24)22(18)28-2)19-15-8-7-12-5-3-4-6-14(12)21(15)25-17-11-29-23(26)20(17)19/h3-10,19,25H,11H2,1-2H3. The molecule has 0 saturated heterocycles. The number of nitrogens with one attached hydrogen (secondary N) is 1. The lowest BCUT2D eigenvalue weighted by Crippen LogP contribution is -2.20. The van der Waals surface area contributed by atoms with E-state index in [0.29, 0.717) is 17.1 Å². The summed E-state index contributed by atoms with van der Waals surface area (Å²) in [7, 11) is 3.20. The summed E-state index contributed by atoms with van der Waals surface area (Å²) >= 11 is 3.58. The van der Waals surface area contributed by atoms with Crippen LogP contribution in [0.5, 0.6) is 11.5 Å². The quantitative estimate of drug-likeness (QED) is 0.568. The lowest BCUT2D eigenvalue weighted by atomic mass is 9.80. The Bertz CT molecular complexity index is 1200. The Morgan fingerprint density at radius 3 is 2.72 bits per heavy atom. The third-order valence-corrected chi connectivity index (χ3v) is 6.11. The molecular formula is C23H18BrNO4. The number of anilines is 1. The van der Waals surface area contributed by atoms with Crippen molar-refractivity contribution in [1.82, 2.24) is 0 Å². The fourth-order valence-corrected chi connectivity index (χ4v) is 4.86. The molecule has 0 aliphatic carbocycles. The molecule has 6 heteroatoms. The van der Waals surface area contributed by atoms with E-state index in [2.05, 4.69) is 45.5 Å². The van der Waals surface area contributed by atoms with Gasteiger partial charge in [0.05, 0.1) is 35.6 Å². The molecule has 1 N–H and O–H groups in total. The van der Waals surface area contributed by atoms with Crippen LogP contribution >= 0.6 is 15.9 Å². The van der Waals surface area contributed by atoms with Gasteiger partial charge in [0.15, 0.2) is 11.5 Å². The van der Waals surface area contributed by atoms with Crippen LogP contribution in [0.3, 0.4) is 0 Å². The molecule has 146 valence electrons. The molecule has 0 saturated carbocycles. The number of cyclic esters (lactones) is 1. The van der Waals surface area contributed by atoms with Gasteiger partial charge in [0.1, 0.15) is 6.61 Å². The number of benzene rings is 3. The van der Waals surface area contributed by atoms with Crippen molar-refractivity contribution in [3.8, 4) is 11.5 Å². The molecule has 0 fully saturated rings. The highest BCUT2D eigenvalue weighted by atomic mass is 79.9. The summed E-state index contributed by atoms with van der Waals surface area (Å²) in [6.07, 6.45) is 0. The summed E-state index contributed by atoms with van der Waals surface area (Å²) in [6, 6.07) is 16.3. The van der Waals surface area contributed by atoms with Gasteiger partial charge in [0.2, 0.25) is 0 Å². The first-order chi connectivity index (χ1) is 14.1. The minimum atomic E-state index is -0.290. The fraction of sp³-hybridized carbons (Fsp3) is 0.174. The predicted molar refractivity (Wildman–Crippen MR) is 115 cm³/mol. The van der Waals surface area contributed by atoms with E-state index in [1.54, 1.807) is 14.2 Å². The summed E-state index contributed by atoms with van der Waals surface area (Å²) in [4.78, 5) is 12.6. The molecule has 0 spiro atoms. The van der Waals surface area contributed by atoms with Crippen LogP contribution in [0.15, 0.2) is 64.3 Å². The smallest absolute Gasteiger partial charge is 0.337 e. The average molecular weight is 452 g/mol. The number of carbonyl (C=O) groups excluding carboxylic acids is 1. The van der Waals surface area contributed by atoms with Gasteiger partial charge in [-0.15, -0.1) is 0 Å². The molecule has 0 bridgehead atoms. The number of rotatable bonds is 3. The van der Waals surface area contributed by atoms with E-state index in [1.165, 1.54) is 0 Å². The Morgan fingerprint density at radius 2 is 1.93 bits per heavy atom. The minimum Gasteiger partial charge on any atom is -0.493 e. The number of hydrogen-bond acceptors (Lipinski definition) is 5. The van der Waals surface area contributed by atoms with E-state index < -0.39 is 0 Å². The van der Waals surface area contributed by atoms with Crippen LogP contribution in [0.2, 0.25) is 0 Å². The van der Waals surface area contributed by atoms with Crippen molar-refractivity contribution in [3.05, 3.63) is 75.4 Å². The monoisotopic (exact) mass is 451 g/mol. The van der Waals surface area contributed by atoms with E-state index in [9.17, 15) is 4.79 Å². The highest BCUT2D eigenvalue weighted by Gasteiger charge is 2.39. The Balaban J connectivity index is 1.79. The molecule has 0 amide bonds. The first kappa shape index (κ1) is 18.1. The second kappa shape index (κ2) is 6.81. The van der Waals surface area contributed by atoms with Crippen molar-refractivity contribution in [2.75, 3.05) is 26.1 Å². The maximum Gasteiger partial charge on any atom is 0.337 e. The molecule has 1 unspecified atom stereocenters. The molecule has 2 heterocycles.